The number of nitrogens with one attached hydrogen (secondary N) is 1. The third kappa shape index (κ3) is 3.65. The minimum Gasteiger partial charge on any atom is -0.484 e. The Kier molecular flexibility index (Phi) is 5.15. The van der Waals surface area contributed by atoms with Crippen molar-refractivity contribution in [2.24, 2.45) is 0 Å². The van der Waals surface area contributed by atoms with Crippen LogP contribution < -0.4 is 10.1 Å². The summed E-state index contributed by atoms with van der Waals surface area (Å²) in [6.45, 7) is -0.450. The molecule has 10 nitrogen and oxygen atoms in total. The lowest BCUT2D eigenvalue weighted by Crippen LogP contribution is -2.24. The molecule has 0 spiro atoms. The van der Waals surface area contributed by atoms with Crippen LogP contribution >= 0.6 is 0 Å². The van der Waals surface area contributed by atoms with Crippen LogP contribution in [0.5, 0.6) is 5.75 Å². The van der Waals surface area contributed by atoms with Gasteiger partial charge in [-0.2, -0.15) is 0 Å². The van der Waals surface area contributed by atoms with E-state index in [1.807, 2.05) is 18.2 Å². The third-order valence-electron chi connectivity index (χ3n) is 4.42. The van der Waals surface area contributed by atoms with Gasteiger partial charge in [-0.15, -0.1) is 0 Å². The molecule has 1 saturated heterocycles. The number of imidazole rings is 1. The Balaban J connectivity index is 1.48. The van der Waals surface area contributed by atoms with Gasteiger partial charge in [0.15, 0.2) is 23.6 Å². The van der Waals surface area contributed by atoms with Crippen molar-refractivity contribution in [3.05, 3.63) is 43.0 Å². The summed E-state index contributed by atoms with van der Waals surface area (Å²) >= 11 is 0. The van der Waals surface area contributed by atoms with Crippen molar-refractivity contribution in [3.8, 4) is 5.75 Å². The molecule has 0 aliphatic carbocycles. The minimum absolute atomic E-state index is 0.174. The Labute approximate surface area is 159 Å². The highest BCUT2D eigenvalue weighted by atomic mass is 16.5. The number of nitrogens with zero attached hydrogens (tertiary/aromatic N) is 4. The Morgan fingerprint density at radius 3 is 2.86 bits per heavy atom. The lowest BCUT2D eigenvalue weighted by atomic mass is 10.2. The predicted molar refractivity (Wildman–Crippen MR) is 97.5 cm³/mol. The van der Waals surface area contributed by atoms with Crippen LogP contribution in [0.4, 0.5) is 5.82 Å². The molecule has 146 valence electrons. The Hall–Kier alpha value is -3.08. The second-order valence-electron chi connectivity index (χ2n) is 6.31. The second kappa shape index (κ2) is 7.89. The number of anilines is 1. The maximum Gasteiger partial charge on any atom is 0.263 e. The largest absolute Gasteiger partial charge is 0.484 e. The first kappa shape index (κ1) is 18.3. The maximum absolute atomic E-state index is 12.2. The normalized spacial score (nSPS) is 21.7. The van der Waals surface area contributed by atoms with Crippen LogP contribution in [-0.2, 0) is 9.53 Å². The molecule has 3 N–H and O–H groups in total. The van der Waals surface area contributed by atoms with Crippen molar-refractivity contribution < 1.29 is 24.5 Å². The SMILES string of the molecule is O=C(COc1ccccc1)Nc1ncnc2c1ncn2[C@@H]1C[C@@H](O)[C@H](CO)O1. The molecule has 3 aromatic rings. The van der Waals surface area contributed by atoms with Crippen LogP contribution in [0.2, 0.25) is 0 Å². The molecule has 1 aliphatic rings. The lowest BCUT2D eigenvalue weighted by molar-refractivity contribution is -0.118. The third-order valence-corrected chi connectivity index (χ3v) is 4.42. The number of aliphatic hydroxyl groups excluding tert-OH is 2. The molecule has 2 aromatic heterocycles. The Morgan fingerprint density at radius 2 is 2.11 bits per heavy atom. The number of amides is 1. The summed E-state index contributed by atoms with van der Waals surface area (Å²) in [7, 11) is 0. The van der Waals surface area contributed by atoms with E-state index in [1.54, 1.807) is 16.7 Å². The number of para-hydroxylation sites is 1. The van der Waals surface area contributed by atoms with Crippen molar-refractivity contribution in [2.45, 2.75) is 24.9 Å². The van der Waals surface area contributed by atoms with Gasteiger partial charge >= 0.3 is 0 Å². The monoisotopic (exact) mass is 385 g/mol. The summed E-state index contributed by atoms with van der Waals surface area (Å²) in [4.78, 5) is 24.8. The first-order valence-electron chi connectivity index (χ1n) is 8.75. The molecule has 0 bridgehead atoms. The highest BCUT2D eigenvalue weighted by molar-refractivity contribution is 5.97. The maximum atomic E-state index is 12.2. The predicted octanol–water partition coefficient (Wildman–Crippen LogP) is 0.484. The Morgan fingerprint density at radius 1 is 1.29 bits per heavy atom. The zero-order valence-corrected chi connectivity index (χ0v) is 14.8. The van der Waals surface area contributed by atoms with E-state index in [1.165, 1.54) is 12.7 Å². The van der Waals surface area contributed by atoms with Gasteiger partial charge in [-0.25, -0.2) is 15.0 Å². The van der Waals surface area contributed by atoms with Crippen LogP contribution in [0.25, 0.3) is 11.2 Å². The fourth-order valence-electron chi connectivity index (χ4n) is 3.04. The first-order valence-corrected chi connectivity index (χ1v) is 8.75. The van der Waals surface area contributed by atoms with Crippen molar-refractivity contribution in [2.75, 3.05) is 18.5 Å². The number of aliphatic hydroxyl groups is 2. The average molecular weight is 385 g/mol. The van der Waals surface area contributed by atoms with Gasteiger partial charge in [0, 0.05) is 6.42 Å². The summed E-state index contributed by atoms with van der Waals surface area (Å²) in [6, 6.07) is 9.01. The molecule has 4 rings (SSSR count). The Bertz CT molecular complexity index is 963. The molecule has 28 heavy (non-hydrogen) atoms. The topological polar surface area (TPSA) is 132 Å². The van der Waals surface area contributed by atoms with Crippen LogP contribution in [0, 0.1) is 0 Å². The first-order chi connectivity index (χ1) is 13.7. The number of fused-ring (bicyclic) bond motifs is 1. The fourth-order valence-corrected chi connectivity index (χ4v) is 3.04. The molecule has 3 atom stereocenters. The van der Waals surface area contributed by atoms with E-state index >= 15 is 0 Å². The summed E-state index contributed by atoms with van der Waals surface area (Å²) in [5, 5.41) is 21.8. The molecule has 0 saturated carbocycles. The van der Waals surface area contributed by atoms with Crippen LogP contribution in [0.15, 0.2) is 43.0 Å². The summed E-state index contributed by atoms with van der Waals surface area (Å²) in [5.74, 6) is 0.457. The number of benzene rings is 1. The van der Waals surface area contributed by atoms with E-state index in [4.69, 9.17) is 9.47 Å². The molecule has 3 heterocycles. The molecular formula is C18H19N5O5. The van der Waals surface area contributed by atoms with Gasteiger partial charge in [0.2, 0.25) is 0 Å². The van der Waals surface area contributed by atoms with Gasteiger partial charge in [0.25, 0.3) is 5.91 Å². The molecule has 1 aromatic carbocycles. The highest BCUT2D eigenvalue weighted by Gasteiger charge is 2.35. The number of aromatic nitrogens is 4. The smallest absolute Gasteiger partial charge is 0.263 e. The summed E-state index contributed by atoms with van der Waals surface area (Å²) < 4.78 is 12.7. The van der Waals surface area contributed by atoms with E-state index in [2.05, 4.69) is 20.3 Å². The molecular weight excluding hydrogens is 366 g/mol. The van der Waals surface area contributed by atoms with E-state index < -0.39 is 18.4 Å². The highest BCUT2D eigenvalue weighted by Crippen LogP contribution is 2.31. The van der Waals surface area contributed by atoms with E-state index in [-0.39, 0.29) is 24.9 Å². The number of ether oxygens (including phenoxy) is 2. The number of hydrogen-bond donors (Lipinski definition) is 3. The van der Waals surface area contributed by atoms with Gasteiger partial charge in [0.1, 0.15) is 24.4 Å². The number of rotatable bonds is 6. The number of hydrogen-bond acceptors (Lipinski definition) is 8. The molecule has 0 unspecified atom stereocenters. The lowest BCUT2D eigenvalue weighted by Gasteiger charge is -2.13. The zero-order valence-electron chi connectivity index (χ0n) is 14.8. The second-order valence-corrected chi connectivity index (χ2v) is 6.31. The molecule has 1 fully saturated rings. The molecule has 1 amide bonds. The molecule has 10 heteroatoms. The van der Waals surface area contributed by atoms with Crippen LogP contribution in [-0.4, -0.2) is 61.1 Å². The van der Waals surface area contributed by atoms with Crippen LogP contribution in [0.3, 0.4) is 0 Å². The van der Waals surface area contributed by atoms with Crippen molar-refractivity contribution in [1.29, 1.82) is 0 Å². The number of carbonyl (C=O) groups is 1. The fraction of sp³-hybridized carbons (Fsp3) is 0.333. The van der Waals surface area contributed by atoms with Crippen LogP contribution in [0.1, 0.15) is 12.6 Å². The summed E-state index contributed by atoms with van der Waals surface area (Å²) in [5.41, 5.74) is 0.839. The van der Waals surface area contributed by atoms with Gasteiger partial charge in [0.05, 0.1) is 19.0 Å². The number of carbonyl (C=O) groups excluding carboxylic acids is 1. The zero-order chi connectivity index (χ0) is 19.5. The van der Waals surface area contributed by atoms with Crippen molar-refractivity contribution >= 4 is 22.9 Å². The van der Waals surface area contributed by atoms with Crippen molar-refractivity contribution in [3.63, 3.8) is 0 Å². The quantitative estimate of drug-likeness (QED) is 0.558. The molecule has 1 aliphatic heterocycles. The van der Waals surface area contributed by atoms with Gasteiger partial charge in [-0.05, 0) is 12.1 Å². The van der Waals surface area contributed by atoms with Gasteiger partial charge in [-0.3, -0.25) is 9.36 Å². The van der Waals surface area contributed by atoms with Gasteiger partial charge in [-0.1, -0.05) is 18.2 Å². The standard InChI is InChI=1S/C18H19N5O5/c24-7-13-12(25)6-15(28-13)23-10-21-16-17(19-9-20-18(16)23)22-14(26)8-27-11-4-2-1-3-5-11/h1-5,9-10,12-13,15,24-25H,6-8H2,(H,19,20,22,26)/t12-,13+,15+/m1/s1. The summed E-state index contributed by atoms with van der Waals surface area (Å²) in [6.07, 6.45) is 1.17. The minimum atomic E-state index is -0.774. The van der Waals surface area contributed by atoms with Gasteiger partial charge < -0.3 is 25.0 Å². The molecule has 0 radical (unpaired) electrons. The van der Waals surface area contributed by atoms with Crippen molar-refractivity contribution in [1.82, 2.24) is 19.5 Å². The van der Waals surface area contributed by atoms with E-state index in [9.17, 15) is 15.0 Å². The van der Waals surface area contributed by atoms with E-state index in [0.29, 0.717) is 23.3 Å². The van der Waals surface area contributed by atoms with E-state index in [0.717, 1.165) is 0 Å². The average Bonchev–Trinajstić information content (AvgIpc) is 3.31.